The number of para-hydroxylation sites is 1. The highest BCUT2D eigenvalue weighted by Gasteiger charge is 2.11. The highest BCUT2D eigenvalue weighted by atomic mass is 35.5. The van der Waals surface area contributed by atoms with Crippen molar-refractivity contribution in [3.8, 4) is 16.9 Å². The van der Waals surface area contributed by atoms with Crippen LogP contribution < -0.4 is 5.73 Å². The summed E-state index contributed by atoms with van der Waals surface area (Å²) in [5, 5.41) is 14.3. The number of aromatic nitrogens is 2. The second-order valence-corrected chi connectivity index (χ2v) is 8.72. The zero-order chi connectivity index (χ0) is 21.9. The van der Waals surface area contributed by atoms with Crippen LogP contribution in [0.15, 0.2) is 71.0 Å². The van der Waals surface area contributed by atoms with Crippen molar-refractivity contribution in [1.29, 1.82) is 0 Å². The van der Waals surface area contributed by atoms with Crippen LogP contribution in [0, 0.1) is 0 Å². The van der Waals surface area contributed by atoms with Gasteiger partial charge >= 0.3 is 0 Å². The van der Waals surface area contributed by atoms with E-state index in [9.17, 15) is 0 Å². The van der Waals surface area contributed by atoms with Gasteiger partial charge in [-0.2, -0.15) is 10.2 Å². The van der Waals surface area contributed by atoms with E-state index < -0.39 is 0 Å². The summed E-state index contributed by atoms with van der Waals surface area (Å²) in [5.41, 5.74) is 9.59. The van der Waals surface area contributed by atoms with Crippen molar-refractivity contribution in [2.24, 2.45) is 15.9 Å². The Morgan fingerprint density at radius 1 is 1.06 bits per heavy atom. The van der Waals surface area contributed by atoms with Crippen molar-refractivity contribution in [2.75, 3.05) is 5.75 Å². The molecule has 2 aromatic carbocycles. The number of hydrogen-bond donors (Lipinski definition) is 1. The van der Waals surface area contributed by atoms with Gasteiger partial charge in [0.15, 0.2) is 5.17 Å². The van der Waals surface area contributed by atoms with Crippen molar-refractivity contribution < 1.29 is 0 Å². The average molecular weight is 454 g/mol. The first-order valence-electron chi connectivity index (χ1n) is 10.6. The summed E-state index contributed by atoms with van der Waals surface area (Å²) in [7, 11) is 0. The second kappa shape index (κ2) is 12.3. The van der Waals surface area contributed by atoms with E-state index in [1.54, 1.807) is 18.0 Å². The van der Waals surface area contributed by atoms with E-state index in [4.69, 9.17) is 22.4 Å². The molecular formula is C24H28ClN5S. The normalized spacial score (nSPS) is 12.0. The molecular weight excluding hydrogens is 426 g/mol. The molecule has 1 heterocycles. The minimum absolute atomic E-state index is 0.482. The Balaban J connectivity index is 1.73. The third kappa shape index (κ3) is 7.26. The SMILES string of the molecule is CCCCCCCS/C(N)=N\N=C/c1cn(-c2ccccc2)nc1-c1ccc(Cl)cc1. The number of nitrogens with zero attached hydrogens (tertiary/aromatic N) is 4. The van der Waals surface area contributed by atoms with Gasteiger partial charge in [0.05, 0.1) is 11.9 Å². The number of benzene rings is 2. The van der Waals surface area contributed by atoms with Crippen LogP contribution in [0.5, 0.6) is 0 Å². The molecule has 0 aliphatic rings. The van der Waals surface area contributed by atoms with Gasteiger partial charge in [-0.15, -0.1) is 5.10 Å². The second-order valence-electron chi connectivity index (χ2n) is 7.17. The summed E-state index contributed by atoms with van der Waals surface area (Å²) in [6, 6.07) is 17.6. The number of halogens is 1. The molecule has 0 aliphatic heterocycles. The fraction of sp³-hybridized carbons (Fsp3) is 0.292. The Kier molecular flexibility index (Phi) is 9.18. The van der Waals surface area contributed by atoms with Gasteiger partial charge in [0.2, 0.25) is 0 Å². The summed E-state index contributed by atoms with van der Waals surface area (Å²) in [6.45, 7) is 2.22. The lowest BCUT2D eigenvalue weighted by Gasteiger charge is -2.00. The van der Waals surface area contributed by atoms with Crippen molar-refractivity contribution in [1.82, 2.24) is 9.78 Å². The molecule has 0 amide bonds. The number of rotatable bonds is 10. The average Bonchev–Trinajstić information content (AvgIpc) is 3.21. The summed E-state index contributed by atoms with van der Waals surface area (Å²) < 4.78 is 1.84. The molecule has 0 spiro atoms. The number of hydrogen-bond acceptors (Lipinski definition) is 4. The molecule has 3 rings (SSSR count). The lowest BCUT2D eigenvalue weighted by atomic mass is 10.1. The topological polar surface area (TPSA) is 68.6 Å². The molecule has 2 N–H and O–H groups in total. The van der Waals surface area contributed by atoms with Gasteiger partial charge in [0.25, 0.3) is 0 Å². The molecule has 0 radical (unpaired) electrons. The van der Waals surface area contributed by atoms with Crippen molar-refractivity contribution >= 4 is 34.7 Å². The highest BCUT2D eigenvalue weighted by Crippen LogP contribution is 2.24. The van der Waals surface area contributed by atoms with E-state index in [1.807, 2.05) is 65.5 Å². The van der Waals surface area contributed by atoms with Crippen LogP contribution in [0.1, 0.15) is 44.6 Å². The van der Waals surface area contributed by atoms with Gasteiger partial charge in [-0.25, -0.2) is 4.68 Å². The first-order chi connectivity index (χ1) is 15.2. The molecule has 7 heteroatoms. The van der Waals surface area contributed by atoms with Gasteiger partial charge in [0.1, 0.15) is 5.69 Å². The number of thioether (sulfide) groups is 1. The lowest BCUT2D eigenvalue weighted by Crippen LogP contribution is -2.06. The van der Waals surface area contributed by atoms with Crippen LogP contribution >= 0.6 is 23.4 Å². The quantitative estimate of drug-likeness (QED) is 0.164. The Hall–Kier alpha value is -2.57. The Labute approximate surface area is 193 Å². The predicted octanol–water partition coefficient (Wildman–Crippen LogP) is 6.54. The van der Waals surface area contributed by atoms with E-state index in [0.717, 1.165) is 34.7 Å². The molecule has 0 atom stereocenters. The van der Waals surface area contributed by atoms with Crippen molar-refractivity contribution in [3.05, 3.63) is 71.4 Å². The van der Waals surface area contributed by atoms with E-state index >= 15 is 0 Å². The van der Waals surface area contributed by atoms with E-state index in [1.165, 1.54) is 25.7 Å². The van der Waals surface area contributed by atoms with Crippen LogP contribution in [0.25, 0.3) is 16.9 Å². The molecule has 162 valence electrons. The monoisotopic (exact) mass is 453 g/mol. The molecule has 31 heavy (non-hydrogen) atoms. The first-order valence-corrected chi connectivity index (χ1v) is 11.9. The summed E-state index contributed by atoms with van der Waals surface area (Å²) in [5.74, 6) is 0.969. The molecule has 0 aliphatic carbocycles. The maximum Gasteiger partial charge on any atom is 0.180 e. The number of nitrogens with two attached hydrogens (primary N) is 1. The van der Waals surface area contributed by atoms with Crippen molar-refractivity contribution in [3.63, 3.8) is 0 Å². The molecule has 0 saturated carbocycles. The minimum Gasteiger partial charge on any atom is -0.377 e. The zero-order valence-electron chi connectivity index (χ0n) is 17.7. The fourth-order valence-corrected chi connectivity index (χ4v) is 3.87. The predicted molar refractivity (Wildman–Crippen MR) is 134 cm³/mol. The largest absolute Gasteiger partial charge is 0.377 e. The fourth-order valence-electron chi connectivity index (χ4n) is 3.09. The van der Waals surface area contributed by atoms with Gasteiger partial charge in [-0.3, -0.25) is 0 Å². The van der Waals surface area contributed by atoms with E-state index in [0.29, 0.717) is 10.2 Å². The number of amidine groups is 1. The molecule has 0 saturated heterocycles. The molecule has 5 nitrogen and oxygen atoms in total. The first kappa shape index (κ1) is 23.1. The molecule has 0 fully saturated rings. The van der Waals surface area contributed by atoms with Crippen molar-refractivity contribution in [2.45, 2.75) is 39.0 Å². The van der Waals surface area contributed by atoms with E-state index in [-0.39, 0.29) is 0 Å². The van der Waals surface area contributed by atoms with Crippen LogP contribution in [0.2, 0.25) is 5.02 Å². The minimum atomic E-state index is 0.482. The standard InChI is InChI=1S/C24H28ClN5S/c1-2-3-4-5-9-16-31-24(26)28-27-17-20-18-30(22-10-7-6-8-11-22)29-23(20)19-12-14-21(25)15-13-19/h6-8,10-15,17-18H,2-5,9,16H2,1H3,(H2,26,28)/b27-17-. The smallest absolute Gasteiger partial charge is 0.180 e. The third-order valence-corrected chi connectivity index (χ3v) is 5.85. The molecule has 1 aromatic heterocycles. The third-order valence-electron chi connectivity index (χ3n) is 4.73. The van der Waals surface area contributed by atoms with E-state index in [2.05, 4.69) is 17.1 Å². The molecule has 0 unspecified atom stereocenters. The lowest BCUT2D eigenvalue weighted by molar-refractivity contribution is 0.659. The van der Waals surface area contributed by atoms with Gasteiger partial charge < -0.3 is 5.73 Å². The summed E-state index contributed by atoms with van der Waals surface area (Å²) in [4.78, 5) is 0. The molecule has 0 bridgehead atoms. The Morgan fingerprint density at radius 3 is 2.55 bits per heavy atom. The Morgan fingerprint density at radius 2 is 1.81 bits per heavy atom. The zero-order valence-corrected chi connectivity index (χ0v) is 19.3. The van der Waals surface area contributed by atoms with Gasteiger partial charge in [-0.1, -0.05) is 86.3 Å². The van der Waals surface area contributed by atoms with Gasteiger partial charge in [-0.05, 0) is 30.7 Å². The maximum atomic E-state index is 6.05. The molecule has 3 aromatic rings. The highest BCUT2D eigenvalue weighted by molar-refractivity contribution is 8.13. The van der Waals surface area contributed by atoms with Gasteiger partial charge in [0, 0.05) is 28.1 Å². The summed E-state index contributed by atoms with van der Waals surface area (Å²) >= 11 is 7.60. The van der Waals surface area contributed by atoms with Crippen LogP contribution in [-0.2, 0) is 0 Å². The maximum absolute atomic E-state index is 6.05. The Bertz CT molecular complexity index is 997. The van der Waals surface area contributed by atoms with Crippen LogP contribution in [0.3, 0.4) is 0 Å². The summed E-state index contributed by atoms with van der Waals surface area (Å²) in [6.07, 6.45) is 9.86. The number of unbranched alkanes of at least 4 members (excludes halogenated alkanes) is 4. The van der Waals surface area contributed by atoms with Crippen LogP contribution in [0.4, 0.5) is 0 Å². The van der Waals surface area contributed by atoms with Crippen LogP contribution in [-0.4, -0.2) is 26.9 Å².